The second-order valence-electron chi connectivity index (χ2n) is 5.29. The summed E-state index contributed by atoms with van der Waals surface area (Å²) in [4.78, 5) is 0.923. The number of hydrogen-bond acceptors (Lipinski definition) is 5. The average Bonchev–Trinajstić information content (AvgIpc) is 3.23. The first-order valence-corrected chi connectivity index (χ1v) is 9.96. The Bertz CT molecular complexity index is 1040. The minimum absolute atomic E-state index is 0.718. The standard InChI is InChI=1S/C18H14ClN3OS2/c1-23-12-9-7-11(8-10-12)22-17(20-21-18(22)24-2)16-15(19)13-5-3-4-6-14(13)25-16/h3-10H,1-2H3. The molecule has 0 radical (unpaired) electrons. The fourth-order valence-corrected chi connectivity index (χ4v) is 4.66. The van der Waals surface area contributed by atoms with Gasteiger partial charge in [0.25, 0.3) is 0 Å². The smallest absolute Gasteiger partial charge is 0.195 e. The summed E-state index contributed by atoms with van der Waals surface area (Å²) >= 11 is 9.83. The maximum atomic E-state index is 6.65. The van der Waals surface area contributed by atoms with Crippen molar-refractivity contribution in [3.63, 3.8) is 0 Å². The van der Waals surface area contributed by atoms with Crippen LogP contribution in [-0.2, 0) is 0 Å². The summed E-state index contributed by atoms with van der Waals surface area (Å²) < 4.78 is 8.42. The molecule has 126 valence electrons. The van der Waals surface area contributed by atoms with Crippen molar-refractivity contribution in [1.29, 1.82) is 0 Å². The van der Waals surface area contributed by atoms with Gasteiger partial charge >= 0.3 is 0 Å². The van der Waals surface area contributed by atoms with E-state index in [1.165, 1.54) is 0 Å². The van der Waals surface area contributed by atoms with Crippen molar-refractivity contribution in [2.75, 3.05) is 13.4 Å². The van der Waals surface area contributed by atoms with Gasteiger partial charge in [-0.1, -0.05) is 41.6 Å². The number of ether oxygens (including phenoxy) is 1. The molecule has 0 saturated carbocycles. The molecule has 2 heterocycles. The van der Waals surface area contributed by atoms with Crippen LogP contribution in [-0.4, -0.2) is 28.1 Å². The molecule has 0 aliphatic carbocycles. The summed E-state index contributed by atoms with van der Waals surface area (Å²) in [5, 5.41) is 11.3. The van der Waals surface area contributed by atoms with Crippen molar-refractivity contribution >= 4 is 44.8 Å². The lowest BCUT2D eigenvalue weighted by atomic mass is 10.2. The van der Waals surface area contributed by atoms with Crippen LogP contribution in [0, 0.1) is 0 Å². The highest BCUT2D eigenvalue weighted by atomic mass is 35.5. The maximum Gasteiger partial charge on any atom is 0.195 e. The molecule has 2 aromatic carbocycles. The lowest BCUT2D eigenvalue weighted by Crippen LogP contribution is -1.98. The summed E-state index contributed by atoms with van der Waals surface area (Å²) in [5.74, 6) is 1.56. The Balaban J connectivity index is 1.92. The summed E-state index contributed by atoms with van der Waals surface area (Å²) in [6, 6.07) is 15.9. The number of thiophene rings is 1. The third kappa shape index (κ3) is 2.80. The fourth-order valence-electron chi connectivity index (χ4n) is 2.67. The number of methoxy groups -OCH3 is 1. The van der Waals surface area contributed by atoms with E-state index in [4.69, 9.17) is 16.3 Å². The lowest BCUT2D eigenvalue weighted by molar-refractivity contribution is 0.414. The van der Waals surface area contributed by atoms with Gasteiger partial charge in [-0.05, 0) is 36.6 Å². The molecule has 4 aromatic rings. The van der Waals surface area contributed by atoms with Crippen molar-refractivity contribution in [3.05, 3.63) is 53.6 Å². The molecule has 0 bridgehead atoms. The molecular formula is C18H14ClN3OS2. The Morgan fingerprint density at radius 1 is 1.08 bits per heavy atom. The highest BCUT2D eigenvalue weighted by Crippen LogP contribution is 2.42. The number of rotatable bonds is 4. The molecule has 0 N–H and O–H groups in total. The Labute approximate surface area is 158 Å². The van der Waals surface area contributed by atoms with Crippen LogP contribution in [0.1, 0.15) is 0 Å². The average molecular weight is 388 g/mol. The fraction of sp³-hybridized carbons (Fsp3) is 0.111. The SMILES string of the molecule is COc1ccc(-n2c(SC)nnc2-c2sc3ccccc3c2Cl)cc1. The molecular weight excluding hydrogens is 374 g/mol. The van der Waals surface area contributed by atoms with Gasteiger partial charge in [-0.2, -0.15) is 0 Å². The van der Waals surface area contributed by atoms with Gasteiger partial charge in [0.05, 0.1) is 22.7 Å². The zero-order chi connectivity index (χ0) is 17.4. The number of hydrogen-bond donors (Lipinski definition) is 0. The number of fused-ring (bicyclic) bond motifs is 1. The third-order valence-corrected chi connectivity index (χ3v) is 6.19. The van der Waals surface area contributed by atoms with E-state index in [1.54, 1.807) is 30.2 Å². The topological polar surface area (TPSA) is 39.9 Å². The molecule has 0 atom stereocenters. The van der Waals surface area contributed by atoms with Gasteiger partial charge in [-0.15, -0.1) is 21.5 Å². The maximum absolute atomic E-state index is 6.65. The minimum Gasteiger partial charge on any atom is -0.497 e. The van der Waals surface area contributed by atoms with Gasteiger partial charge in [0.1, 0.15) is 5.75 Å². The molecule has 7 heteroatoms. The van der Waals surface area contributed by atoms with Crippen LogP contribution in [0.4, 0.5) is 0 Å². The minimum atomic E-state index is 0.718. The van der Waals surface area contributed by atoms with Crippen LogP contribution in [0.15, 0.2) is 53.7 Å². The monoisotopic (exact) mass is 387 g/mol. The highest BCUT2D eigenvalue weighted by molar-refractivity contribution is 7.98. The number of thioether (sulfide) groups is 1. The second-order valence-corrected chi connectivity index (χ2v) is 7.49. The number of nitrogens with zero attached hydrogens (tertiary/aromatic N) is 3. The number of halogens is 1. The van der Waals surface area contributed by atoms with E-state index in [0.29, 0.717) is 0 Å². The predicted molar refractivity (Wildman–Crippen MR) is 106 cm³/mol. The third-order valence-electron chi connectivity index (χ3n) is 3.88. The van der Waals surface area contributed by atoms with E-state index in [9.17, 15) is 0 Å². The van der Waals surface area contributed by atoms with E-state index in [2.05, 4.69) is 16.3 Å². The summed E-state index contributed by atoms with van der Waals surface area (Å²) in [6.45, 7) is 0. The van der Waals surface area contributed by atoms with E-state index < -0.39 is 0 Å². The predicted octanol–water partition coefficient (Wildman–Crippen LogP) is 5.53. The van der Waals surface area contributed by atoms with Crippen LogP contribution in [0.25, 0.3) is 26.5 Å². The first-order valence-electron chi connectivity index (χ1n) is 7.54. The number of aromatic nitrogens is 3. The van der Waals surface area contributed by atoms with Gasteiger partial charge in [-0.25, -0.2) is 0 Å². The van der Waals surface area contributed by atoms with Gasteiger partial charge in [0.2, 0.25) is 0 Å². The molecule has 4 nitrogen and oxygen atoms in total. The van der Waals surface area contributed by atoms with Crippen molar-refractivity contribution in [1.82, 2.24) is 14.8 Å². The largest absolute Gasteiger partial charge is 0.497 e. The lowest BCUT2D eigenvalue weighted by Gasteiger charge is -2.09. The molecule has 25 heavy (non-hydrogen) atoms. The summed E-state index contributed by atoms with van der Waals surface area (Å²) in [5.41, 5.74) is 0.971. The Morgan fingerprint density at radius 3 is 2.52 bits per heavy atom. The normalized spacial score (nSPS) is 11.2. The second kappa shape index (κ2) is 6.71. The van der Waals surface area contributed by atoms with Crippen LogP contribution >= 0.6 is 34.7 Å². The Morgan fingerprint density at radius 2 is 1.84 bits per heavy atom. The summed E-state index contributed by atoms with van der Waals surface area (Å²) in [7, 11) is 1.66. The quantitative estimate of drug-likeness (QED) is 0.431. The first-order chi connectivity index (χ1) is 12.2. The van der Waals surface area contributed by atoms with Gasteiger partial charge in [0.15, 0.2) is 11.0 Å². The van der Waals surface area contributed by atoms with Gasteiger partial charge in [-0.3, -0.25) is 4.57 Å². The van der Waals surface area contributed by atoms with E-state index >= 15 is 0 Å². The Kier molecular flexibility index (Phi) is 4.41. The molecule has 4 rings (SSSR count). The van der Waals surface area contributed by atoms with Crippen LogP contribution < -0.4 is 4.74 Å². The molecule has 0 unspecified atom stereocenters. The van der Waals surface area contributed by atoms with Gasteiger partial charge < -0.3 is 4.74 Å². The molecule has 0 aliphatic rings. The zero-order valence-electron chi connectivity index (χ0n) is 13.6. The molecule has 2 aromatic heterocycles. The first kappa shape index (κ1) is 16.4. The molecule has 0 amide bonds. The Hall–Kier alpha value is -2.02. The zero-order valence-corrected chi connectivity index (χ0v) is 16.0. The number of benzene rings is 2. The molecule has 0 spiro atoms. The van der Waals surface area contributed by atoms with E-state index in [0.717, 1.165) is 42.4 Å². The summed E-state index contributed by atoms with van der Waals surface area (Å²) in [6.07, 6.45) is 1.99. The highest BCUT2D eigenvalue weighted by Gasteiger charge is 2.21. The van der Waals surface area contributed by atoms with E-state index in [-0.39, 0.29) is 0 Å². The van der Waals surface area contributed by atoms with E-state index in [1.807, 2.05) is 53.3 Å². The van der Waals surface area contributed by atoms with Crippen molar-refractivity contribution in [3.8, 4) is 22.1 Å². The molecule has 0 fully saturated rings. The van der Waals surface area contributed by atoms with Crippen LogP contribution in [0.3, 0.4) is 0 Å². The van der Waals surface area contributed by atoms with Crippen molar-refractivity contribution in [2.45, 2.75) is 5.16 Å². The van der Waals surface area contributed by atoms with Crippen molar-refractivity contribution < 1.29 is 4.74 Å². The van der Waals surface area contributed by atoms with Crippen LogP contribution in [0.5, 0.6) is 5.75 Å². The van der Waals surface area contributed by atoms with Crippen LogP contribution in [0.2, 0.25) is 5.02 Å². The van der Waals surface area contributed by atoms with Gasteiger partial charge in [0, 0.05) is 10.1 Å². The molecule has 0 saturated heterocycles. The van der Waals surface area contributed by atoms with Crippen molar-refractivity contribution in [2.24, 2.45) is 0 Å². The molecule has 0 aliphatic heterocycles.